The number of thioether (sulfide) groups is 1. The predicted molar refractivity (Wildman–Crippen MR) is 70.8 cm³/mol. The molecule has 1 aromatic rings. The molecule has 1 unspecified atom stereocenters. The highest BCUT2D eigenvalue weighted by atomic mass is 32.2. The van der Waals surface area contributed by atoms with Crippen molar-refractivity contribution in [2.24, 2.45) is 0 Å². The first-order chi connectivity index (χ1) is 7.38. The zero-order valence-electron chi connectivity index (χ0n) is 9.53. The Morgan fingerprint density at radius 3 is 3.07 bits per heavy atom. The summed E-state index contributed by atoms with van der Waals surface area (Å²) in [5.41, 5.74) is 0. The highest BCUT2D eigenvalue weighted by Crippen LogP contribution is 2.21. The quantitative estimate of drug-likeness (QED) is 0.710. The summed E-state index contributed by atoms with van der Waals surface area (Å²) in [5, 5.41) is 6.87. The van der Waals surface area contributed by atoms with Gasteiger partial charge in [-0.2, -0.15) is 11.8 Å². The van der Waals surface area contributed by atoms with Crippen LogP contribution in [0.25, 0.3) is 0 Å². The Kier molecular flexibility index (Phi) is 7.05. The predicted octanol–water partition coefficient (Wildman–Crippen LogP) is 3.33. The fourth-order valence-corrected chi connectivity index (χ4v) is 2.67. The van der Waals surface area contributed by atoms with Gasteiger partial charge >= 0.3 is 0 Å². The van der Waals surface area contributed by atoms with E-state index in [9.17, 15) is 0 Å². The van der Waals surface area contributed by atoms with E-state index in [0.717, 1.165) is 6.54 Å². The molecule has 0 radical (unpaired) electrons. The molecular formula is C11H20N2S2. The average Bonchev–Trinajstić information content (AvgIpc) is 2.76. The van der Waals surface area contributed by atoms with Gasteiger partial charge in [-0.3, -0.25) is 0 Å². The van der Waals surface area contributed by atoms with Crippen LogP contribution in [0.3, 0.4) is 0 Å². The monoisotopic (exact) mass is 244 g/mol. The minimum absolute atomic E-state index is 0.470. The van der Waals surface area contributed by atoms with Crippen LogP contribution < -0.4 is 5.32 Å². The molecule has 15 heavy (non-hydrogen) atoms. The minimum Gasteiger partial charge on any atom is -0.308 e. The van der Waals surface area contributed by atoms with Crippen molar-refractivity contribution in [2.45, 2.75) is 32.2 Å². The molecule has 0 saturated heterocycles. The Bertz CT molecular complexity index is 237. The smallest absolute Gasteiger partial charge is 0.109 e. The Morgan fingerprint density at radius 1 is 1.60 bits per heavy atom. The van der Waals surface area contributed by atoms with Gasteiger partial charge in [-0.25, -0.2) is 4.98 Å². The summed E-state index contributed by atoms with van der Waals surface area (Å²) in [6, 6.07) is 0.470. The van der Waals surface area contributed by atoms with Gasteiger partial charge in [-0.15, -0.1) is 11.3 Å². The molecule has 1 N–H and O–H groups in total. The fourth-order valence-electron chi connectivity index (χ4n) is 1.47. The Hall–Kier alpha value is -0.0600. The maximum atomic E-state index is 4.40. The van der Waals surface area contributed by atoms with E-state index in [1.54, 1.807) is 11.3 Å². The first-order valence-corrected chi connectivity index (χ1v) is 7.77. The maximum absolute atomic E-state index is 4.40. The molecule has 0 spiro atoms. The summed E-state index contributed by atoms with van der Waals surface area (Å²) >= 11 is 3.68. The normalized spacial score (nSPS) is 12.9. The largest absolute Gasteiger partial charge is 0.308 e. The lowest BCUT2D eigenvalue weighted by atomic mass is 10.2. The highest BCUT2D eigenvalue weighted by Gasteiger charge is 2.12. The van der Waals surface area contributed by atoms with Crippen LogP contribution in [-0.2, 0) is 0 Å². The van der Waals surface area contributed by atoms with Crippen LogP contribution >= 0.6 is 23.1 Å². The van der Waals surface area contributed by atoms with Crippen LogP contribution in [0.2, 0.25) is 0 Å². The second-order valence-corrected chi connectivity index (χ2v) is 5.42. The average molecular weight is 244 g/mol. The SMILES string of the molecule is CCCNC(CCCSC)c1nccs1. The lowest BCUT2D eigenvalue weighted by Crippen LogP contribution is -2.22. The van der Waals surface area contributed by atoms with Gasteiger partial charge in [0.25, 0.3) is 0 Å². The van der Waals surface area contributed by atoms with Crippen molar-refractivity contribution in [3.05, 3.63) is 16.6 Å². The van der Waals surface area contributed by atoms with E-state index in [-0.39, 0.29) is 0 Å². The molecule has 0 amide bonds. The van der Waals surface area contributed by atoms with Crippen LogP contribution in [0.1, 0.15) is 37.2 Å². The van der Waals surface area contributed by atoms with Gasteiger partial charge < -0.3 is 5.32 Å². The van der Waals surface area contributed by atoms with Crippen molar-refractivity contribution < 1.29 is 0 Å². The molecule has 1 atom stereocenters. The van der Waals surface area contributed by atoms with E-state index < -0.39 is 0 Å². The van der Waals surface area contributed by atoms with Crippen LogP contribution in [-0.4, -0.2) is 23.5 Å². The molecule has 1 heterocycles. The maximum Gasteiger partial charge on any atom is 0.109 e. The van der Waals surface area contributed by atoms with E-state index in [1.165, 1.54) is 30.0 Å². The first kappa shape index (κ1) is 13.0. The van der Waals surface area contributed by atoms with Gasteiger partial charge in [0, 0.05) is 11.6 Å². The minimum atomic E-state index is 0.470. The Morgan fingerprint density at radius 2 is 2.47 bits per heavy atom. The van der Waals surface area contributed by atoms with Gasteiger partial charge in [0.05, 0.1) is 6.04 Å². The van der Waals surface area contributed by atoms with Crippen molar-refractivity contribution in [3.8, 4) is 0 Å². The van der Waals surface area contributed by atoms with Gasteiger partial charge in [0.2, 0.25) is 0 Å². The van der Waals surface area contributed by atoms with E-state index in [2.05, 4.69) is 28.9 Å². The van der Waals surface area contributed by atoms with Crippen LogP contribution in [0.5, 0.6) is 0 Å². The number of nitrogens with one attached hydrogen (secondary N) is 1. The molecule has 0 saturated carbocycles. The zero-order chi connectivity index (χ0) is 10.9. The van der Waals surface area contributed by atoms with Gasteiger partial charge in [0.1, 0.15) is 5.01 Å². The Balaban J connectivity index is 2.39. The van der Waals surface area contributed by atoms with Crippen molar-refractivity contribution in [1.29, 1.82) is 0 Å². The van der Waals surface area contributed by atoms with E-state index in [1.807, 2.05) is 18.0 Å². The molecule has 1 rings (SSSR count). The lowest BCUT2D eigenvalue weighted by Gasteiger charge is -2.15. The fraction of sp³-hybridized carbons (Fsp3) is 0.727. The van der Waals surface area contributed by atoms with Gasteiger partial charge in [0.15, 0.2) is 0 Å². The summed E-state index contributed by atoms with van der Waals surface area (Å²) in [6.07, 6.45) is 7.72. The topological polar surface area (TPSA) is 24.9 Å². The summed E-state index contributed by atoms with van der Waals surface area (Å²) in [7, 11) is 0. The summed E-state index contributed by atoms with van der Waals surface area (Å²) in [6.45, 7) is 3.29. The molecule has 0 bridgehead atoms. The van der Waals surface area contributed by atoms with Crippen LogP contribution in [0.15, 0.2) is 11.6 Å². The molecule has 0 aliphatic heterocycles. The molecule has 0 aliphatic rings. The molecular weight excluding hydrogens is 224 g/mol. The van der Waals surface area contributed by atoms with Crippen LogP contribution in [0.4, 0.5) is 0 Å². The third kappa shape index (κ3) is 5.00. The second-order valence-electron chi connectivity index (χ2n) is 3.51. The van der Waals surface area contributed by atoms with E-state index >= 15 is 0 Å². The number of hydrogen-bond donors (Lipinski definition) is 1. The van der Waals surface area contributed by atoms with E-state index in [4.69, 9.17) is 0 Å². The third-order valence-corrected chi connectivity index (χ3v) is 3.82. The molecule has 0 aromatic carbocycles. The first-order valence-electron chi connectivity index (χ1n) is 5.50. The number of aromatic nitrogens is 1. The summed E-state index contributed by atoms with van der Waals surface area (Å²) < 4.78 is 0. The zero-order valence-corrected chi connectivity index (χ0v) is 11.2. The van der Waals surface area contributed by atoms with Crippen molar-refractivity contribution in [1.82, 2.24) is 10.3 Å². The second kappa shape index (κ2) is 8.13. The molecule has 0 fully saturated rings. The highest BCUT2D eigenvalue weighted by molar-refractivity contribution is 7.98. The molecule has 0 aliphatic carbocycles. The lowest BCUT2D eigenvalue weighted by molar-refractivity contribution is 0.493. The van der Waals surface area contributed by atoms with Crippen molar-refractivity contribution in [3.63, 3.8) is 0 Å². The van der Waals surface area contributed by atoms with Crippen molar-refractivity contribution in [2.75, 3.05) is 18.6 Å². The molecule has 4 heteroatoms. The van der Waals surface area contributed by atoms with Crippen molar-refractivity contribution >= 4 is 23.1 Å². The Labute approximate surface area is 101 Å². The third-order valence-electron chi connectivity index (χ3n) is 2.23. The van der Waals surface area contributed by atoms with Gasteiger partial charge in [-0.1, -0.05) is 6.92 Å². The molecule has 86 valence electrons. The number of nitrogens with zero attached hydrogens (tertiary/aromatic N) is 1. The van der Waals surface area contributed by atoms with Crippen LogP contribution in [0, 0.1) is 0 Å². The standard InChI is InChI=1S/C11H20N2S2/c1-3-6-12-10(5-4-8-14-2)11-13-7-9-15-11/h7,9-10,12H,3-6,8H2,1-2H3. The number of thiazole rings is 1. The summed E-state index contributed by atoms with van der Waals surface area (Å²) in [4.78, 5) is 4.40. The number of hydrogen-bond acceptors (Lipinski definition) is 4. The molecule has 2 nitrogen and oxygen atoms in total. The van der Waals surface area contributed by atoms with Gasteiger partial charge in [-0.05, 0) is 37.8 Å². The summed E-state index contributed by atoms with van der Waals surface area (Å²) in [5.74, 6) is 1.25. The number of rotatable bonds is 8. The van der Waals surface area contributed by atoms with E-state index in [0.29, 0.717) is 6.04 Å². The molecule has 1 aromatic heterocycles.